The average molecular weight is 281 g/mol. The zero-order valence-corrected chi connectivity index (χ0v) is 12.9. The van der Waals surface area contributed by atoms with Gasteiger partial charge in [-0.3, -0.25) is 0 Å². The number of hydrogen-bond donors (Lipinski definition) is 1. The van der Waals surface area contributed by atoms with E-state index in [1.807, 2.05) is 0 Å². The van der Waals surface area contributed by atoms with Crippen molar-refractivity contribution in [3.63, 3.8) is 0 Å². The van der Waals surface area contributed by atoms with Crippen LogP contribution in [0, 0.1) is 6.92 Å². The minimum absolute atomic E-state index is 0.850. The minimum Gasteiger partial charge on any atom is -0.493 e. The van der Waals surface area contributed by atoms with Crippen LogP contribution in [0.5, 0.6) is 5.75 Å². The highest BCUT2D eigenvalue weighted by Crippen LogP contribution is 2.32. The molecule has 0 unspecified atom stereocenters. The second-order valence-electron chi connectivity index (χ2n) is 5.72. The number of nitrogens with one attached hydrogen (secondary N) is 1. The normalized spacial score (nSPS) is 13.6. The SMILES string of the molecule is CCNCc1ccc(C)cc1-c1ccc2c(c1)CCCO2. The largest absolute Gasteiger partial charge is 0.493 e. The van der Waals surface area contributed by atoms with Crippen LogP contribution >= 0.6 is 0 Å². The Hall–Kier alpha value is -1.80. The molecule has 21 heavy (non-hydrogen) atoms. The third kappa shape index (κ3) is 3.11. The Morgan fingerprint density at radius 1 is 1.14 bits per heavy atom. The van der Waals surface area contributed by atoms with E-state index in [4.69, 9.17) is 4.74 Å². The van der Waals surface area contributed by atoms with Crippen molar-refractivity contribution in [2.45, 2.75) is 33.2 Å². The predicted molar refractivity (Wildman–Crippen MR) is 87.8 cm³/mol. The van der Waals surface area contributed by atoms with E-state index in [0.29, 0.717) is 0 Å². The maximum absolute atomic E-state index is 5.72. The first-order chi connectivity index (χ1) is 10.3. The van der Waals surface area contributed by atoms with Gasteiger partial charge in [-0.1, -0.05) is 36.8 Å². The van der Waals surface area contributed by atoms with Crippen molar-refractivity contribution in [2.24, 2.45) is 0 Å². The zero-order chi connectivity index (χ0) is 14.7. The number of ether oxygens (including phenoxy) is 1. The molecule has 0 radical (unpaired) electrons. The molecule has 1 N–H and O–H groups in total. The van der Waals surface area contributed by atoms with Crippen LogP contribution in [0.1, 0.15) is 30.0 Å². The first-order valence-electron chi connectivity index (χ1n) is 7.84. The summed E-state index contributed by atoms with van der Waals surface area (Å²) in [6.45, 7) is 7.06. The first-order valence-corrected chi connectivity index (χ1v) is 7.84. The number of rotatable bonds is 4. The Morgan fingerprint density at radius 2 is 2.05 bits per heavy atom. The summed E-state index contributed by atoms with van der Waals surface area (Å²) < 4.78 is 5.72. The van der Waals surface area contributed by atoms with E-state index >= 15 is 0 Å². The van der Waals surface area contributed by atoms with Gasteiger partial charge in [-0.05, 0) is 60.7 Å². The fraction of sp³-hybridized carbons (Fsp3) is 0.368. The highest BCUT2D eigenvalue weighted by molar-refractivity contribution is 5.70. The molecular formula is C19H23NO. The molecule has 0 bridgehead atoms. The van der Waals surface area contributed by atoms with Crippen molar-refractivity contribution in [1.82, 2.24) is 5.32 Å². The molecule has 1 aliphatic heterocycles. The van der Waals surface area contributed by atoms with Gasteiger partial charge < -0.3 is 10.1 Å². The molecule has 2 aromatic rings. The van der Waals surface area contributed by atoms with Crippen LogP contribution in [0.3, 0.4) is 0 Å². The molecule has 0 fully saturated rings. The lowest BCUT2D eigenvalue weighted by Gasteiger charge is -2.19. The van der Waals surface area contributed by atoms with Crippen molar-refractivity contribution in [1.29, 1.82) is 0 Å². The molecular weight excluding hydrogens is 258 g/mol. The van der Waals surface area contributed by atoms with E-state index in [9.17, 15) is 0 Å². The molecule has 0 saturated carbocycles. The van der Waals surface area contributed by atoms with E-state index in [2.05, 4.69) is 55.6 Å². The summed E-state index contributed by atoms with van der Waals surface area (Å²) in [4.78, 5) is 0. The van der Waals surface area contributed by atoms with E-state index in [1.165, 1.54) is 27.8 Å². The Balaban J connectivity index is 2.00. The van der Waals surface area contributed by atoms with Gasteiger partial charge in [-0.2, -0.15) is 0 Å². The summed E-state index contributed by atoms with van der Waals surface area (Å²) in [5, 5.41) is 3.43. The number of fused-ring (bicyclic) bond motifs is 1. The molecule has 2 aromatic carbocycles. The van der Waals surface area contributed by atoms with Gasteiger partial charge in [-0.15, -0.1) is 0 Å². The van der Waals surface area contributed by atoms with Gasteiger partial charge in [0.1, 0.15) is 5.75 Å². The average Bonchev–Trinajstić information content (AvgIpc) is 2.53. The molecule has 0 amide bonds. The predicted octanol–water partition coefficient (Wildman–Crippen LogP) is 4.10. The van der Waals surface area contributed by atoms with Crippen molar-refractivity contribution >= 4 is 0 Å². The summed E-state index contributed by atoms with van der Waals surface area (Å²) in [5.41, 5.74) is 6.65. The Morgan fingerprint density at radius 3 is 2.90 bits per heavy atom. The van der Waals surface area contributed by atoms with Gasteiger partial charge in [0.15, 0.2) is 0 Å². The first kappa shape index (κ1) is 14.2. The molecule has 110 valence electrons. The van der Waals surface area contributed by atoms with Gasteiger partial charge >= 0.3 is 0 Å². The highest BCUT2D eigenvalue weighted by atomic mass is 16.5. The second kappa shape index (κ2) is 6.31. The standard InChI is InChI=1S/C19H23NO/c1-3-20-13-17-7-6-14(2)11-18(17)15-8-9-19-16(12-15)5-4-10-21-19/h6-9,11-12,20H,3-5,10,13H2,1-2H3. The lowest BCUT2D eigenvalue weighted by atomic mass is 9.94. The van der Waals surface area contributed by atoms with Crippen LogP contribution < -0.4 is 10.1 Å². The molecule has 0 aliphatic carbocycles. The van der Waals surface area contributed by atoms with Gasteiger partial charge in [-0.25, -0.2) is 0 Å². The van der Waals surface area contributed by atoms with Crippen LogP contribution in [0.4, 0.5) is 0 Å². The van der Waals surface area contributed by atoms with Crippen LogP contribution in [0.15, 0.2) is 36.4 Å². The molecule has 0 aromatic heterocycles. The third-order valence-electron chi connectivity index (χ3n) is 4.05. The molecule has 2 heteroatoms. The summed E-state index contributed by atoms with van der Waals surface area (Å²) in [5.74, 6) is 1.06. The molecule has 0 saturated heterocycles. The number of aryl methyl sites for hydroxylation is 2. The van der Waals surface area contributed by atoms with Crippen molar-refractivity contribution in [3.8, 4) is 16.9 Å². The van der Waals surface area contributed by atoms with Gasteiger partial charge in [0.05, 0.1) is 6.61 Å². The van der Waals surface area contributed by atoms with E-state index in [0.717, 1.165) is 38.3 Å². The number of hydrogen-bond acceptors (Lipinski definition) is 2. The summed E-state index contributed by atoms with van der Waals surface area (Å²) in [7, 11) is 0. The van der Waals surface area contributed by atoms with Crippen LogP contribution in [0.25, 0.3) is 11.1 Å². The molecule has 3 rings (SSSR count). The Bertz CT molecular complexity index is 633. The monoisotopic (exact) mass is 281 g/mol. The van der Waals surface area contributed by atoms with Crippen LogP contribution in [0.2, 0.25) is 0 Å². The van der Waals surface area contributed by atoms with Gasteiger partial charge in [0.25, 0.3) is 0 Å². The zero-order valence-electron chi connectivity index (χ0n) is 12.9. The third-order valence-corrected chi connectivity index (χ3v) is 4.05. The van der Waals surface area contributed by atoms with Crippen molar-refractivity contribution < 1.29 is 4.74 Å². The lowest BCUT2D eigenvalue weighted by molar-refractivity contribution is 0.288. The fourth-order valence-electron chi connectivity index (χ4n) is 2.90. The molecule has 1 heterocycles. The smallest absolute Gasteiger partial charge is 0.122 e. The van der Waals surface area contributed by atoms with Crippen LogP contribution in [-0.4, -0.2) is 13.2 Å². The lowest BCUT2D eigenvalue weighted by Crippen LogP contribution is -2.12. The second-order valence-corrected chi connectivity index (χ2v) is 5.72. The van der Waals surface area contributed by atoms with Gasteiger partial charge in [0.2, 0.25) is 0 Å². The van der Waals surface area contributed by atoms with E-state index in [-0.39, 0.29) is 0 Å². The minimum atomic E-state index is 0.850. The highest BCUT2D eigenvalue weighted by Gasteiger charge is 2.13. The molecule has 0 spiro atoms. The summed E-state index contributed by atoms with van der Waals surface area (Å²) in [6.07, 6.45) is 2.24. The van der Waals surface area contributed by atoms with Crippen molar-refractivity contribution in [2.75, 3.05) is 13.2 Å². The maximum atomic E-state index is 5.72. The van der Waals surface area contributed by atoms with E-state index in [1.54, 1.807) is 0 Å². The van der Waals surface area contributed by atoms with Gasteiger partial charge in [0, 0.05) is 6.54 Å². The quantitative estimate of drug-likeness (QED) is 0.911. The molecule has 2 nitrogen and oxygen atoms in total. The maximum Gasteiger partial charge on any atom is 0.122 e. The number of benzene rings is 2. The Kier molecular flexibility index (Phi) is 4.26. The fourth-order valence-corrected chi connectivity index (χ4v) is 2.90. The van der Waals surface area contributed by atoms with Crippen LogP contribution in [-0.2, 0) is 13.0 Å². The molecule has 1 aliphatic rings. The summed E-state index contributed by atoms with van der Waals surface area (Å²) in [6, 6.07) is 13.3. The van der Waals surface area contributed by atoms with E-state index < -0.39 is 0 Å². The topological polar surface area (TPSA) is 21.3 Å². The Labute approximate surface area is 127 Å². The van der Waals surface area contributed by atoms with Crippen molar-refractivity contribution in [3.05, 3.63) is 53.1 Å². The molecule has 0 atom stereocenters. The summed E-state index contributed by atoms with van der Waals surface area (Å²) >= 11 is 0.